The molecule has 1 amide bonds. The molecule has 1 aromatic heterocycles. The number of aromatic nitrogens is 1. The number of halogens is 1. The Morgan fingerprint density at radius 2 is 2.38 bits per heavy atom. The lowest BCUT2D eigenvalue weighted by Gasteiger charge is -2.20. The van der Waals surface area contributed by atoms with Gasteiger partial charge in [0.15, 0.2) is 0 Å². The van der Waals surface area contributed by atoms with Gasteiger partial charge >= 0.3 is 0 Å². The Bertz CT molecular complexity index is 382. The molecular formula is C10H13BrN2O3. The molecule has 1 atom stereocenters. The number of hydrogen-bond acceptors (Lipinski definition) is 4. The molecule has 0 radical (unpaired) electrons. The van der Waals surface area contributed by atoms with Crippen molar-refractivity contribution in [3.63, 3.8) is 0 Å². The lowest BCUT2D eigenvalue weighted by atomic mass is 10.1. The van der Waals surface area contributed by atoms with Gasteiger partial charge in [-0.05, 0) is 35.0 Å². The Morgan fingerprint density at radius 1 is 1.69 bits per heavy atom. The zero-order valence-corrected chi connectivity index (χ0v) is 10.4. The molecule has 1 aromatic rings. The quantitative estimate of drug-likeness (QED) is 0.697. The van der Waals surface area contributed by atoms with E-state index in [4.69, 9.17) is 5.11 Å². The number of pyridine rings is 1. The van der Waals surface area contributed by atoms with Crippen LogP contribution in [0, 0.1) is 0 Å². The number of nitrogens with one attached hydrogen (secondary N) is 1. The van der Waals surface area contributed by atoms with Crippen LogP contribution in [0.15, 0.2) is 22.9 Å². The number of rotatable bonds is 4. The van der Waals surface area contributed by atoms with Gasteiger partial charge < -0.3 is 15.5 Å². The fourth-order valence-corrected chi connectivity index (χ4v) is 1.41. The number of carbonyl (C=O) groups excluding carboxylic acids is 1. The highest BCUT2D eigenvalue weighted by atomic mass is 79.9. The van der Waals surface area contributed by atoms with E-state index in [-0.39, 0.29) is 12.5 Å². The van der Waals surface area contributed by atoms with E-state index in [0.29, 0.717) is 10.2 Å². The van der Waals surface area contributed by atoms with Crippen molar-refractivity contribution < 1.29 is 15.0 Å². The summed E-state index contributed by atoms with van der Waals surface area (Å²) >= 11 is 3.15. The molecule has 88 valence electrons. The summed E-state index contributed by atoms with van der Waals surface area (Å²) in [6, 6.07) is 3.25. The number of carbonyl (C=O) groups is 1. The van der Waals surface area contributed by atoms with E-state index >= 15 is 0 Å². The molecule has 3 N–H and O–H groups in total. The smallest absolute Gasteiger partial charge is 0.254 e. The van der Waals surface area contributed by atoms with Crippen molar-refractivity contribution in [2.24, 2.45) is 0 Å². The van der Waals surface area contributed by atoms with Gasteiger partial charge in [0.25, 0.3) is 5.91 Å². The Hall–Kier alpha value is -0.980. The van der Waals surface area contributed by atoms with Crippen LogP contribution in [0.5, 0.6) is 0 Å². The molecule has 6 heteroatoms. The second kappa shape index (κ2) is 5.38. The third-order valence-electron chi connectivity index (χ3n) is 1.97. The van der Waals surface area contributed by atoms with Gasteiger partial charge in [-0.15, -0.1) is 0 Å². The maximum atomic E-state index is 11.7. The van der Waals surface area contributed by atoms with Crippen LogP contribution < -0.4 is 5.32 Å². The third-order valence-corrected chi connectivity index (χ3v) is 2.61. The summed E-state index contributed by atoms with van der Waals surface area (Å²) in [5, 5.41) is 20.8. The topological polar surface area (TPSA) is 82.5 Å². The molecule has 0 spiro atoms. The standard InChI is InChI=1S/C10H13BrN2O3/c1-10(16,6-14)5-13-9(15)7-3-2-4-12-8(7)11/h2-4,14,16H,5-6H2,1H3,(H,13,15). The summed E-state index contributed by atoms with van der Waals surface area (Å²) in [4.78, 5) is 15.6. The summed E-state index contributed by atoms with van der Waals surface area (Å²) in [5.74, 6) is -0.353. The van der Waals surface area contributed by atoms with Gasteiger partial charge in [-0.25, -0.2) is 4.98 Å². The lowest BCUT2D eigenvalue weighted by molar-refractivity contribution is 0.00319. The number of aliphatic hydroxyl groups excluding tert-OH is 1. The summed E-state index contributed by atoms with van der Waals surface area (Å²) in [6.45, 7) is 0.997. The monoisotopic (exact) mass is 288 g/mol. The lowest BCUT2D eigenvalue weighted by Crippen LogP contribution is -2.43. The van der Waals surface area contributed by atoms with Crippen molar-refractivity contribution >= 4 is 21.8 Å². The molecule has 1 heterocycles. The van der Waals surface area contributed by atoms with Crippen molar-refractivity contribution in [2.75, 3.05) is 13.2 Å². The zero-order chi connectivity index (χ0) is 12.2. The van der Waals surface area contributed by atoms with Gasteiger partial charge in [0, 0.05) is 12.7 Å². The molecule has 0 aromatic carbocycles. The average molecular weight is 289 g/mol. The SMILES string of the molecule is CC(O)(CO)CNC(=O)c1cccnc1Br. The number of aliphatic hydroxyl groups is 2. The van der Waals surface area contributed by atoms with Gasteiger partial charge in [0.2, 0.25) is 0 Å². The first-order valence-corrected chi connectivity index (χ1v) is 5.47. The average Bonchev–Trinajstić information content (AvgIpc) is 2.27. The molecule has 0 fully saturated rings. The fourth-order valence-electron chi connectivity index (χ4n) is 0.977. The van der Waals surface area contributed by atoms with E-state index in [2.05, 4.69) is 26.2 Å². The summed E-state index contributed by atoms with van der Waals surface area (Å²) in [6.07, 6.45) is 1.56. The Labute approximate surface area is 102 Å². The minimum Gasteiger partial charge on any atom is -0.393 e. The first kappa shape index (κ1) is 13.1. The van der Waals surface area contributed by atoms with Crippen molar-refractivity contribution in [3.05, 3.63) is 28.5 Å². The van der Waals surface area contributed by atoms with Gasteiger partial charge in [-0.1, -0.05) is 0 Å². The maximum absolute atomic E-state index is 11.7. The predicted molar refractivity (Wildman–Crippen MR) is 62.0 cm³/mol. The molecule has 0 bridgehead atoms. The minimum absolute atomic E-state index is 0.0241. The Morgan fingerprint density at radius 3 is 2.94 bits per heavy atom. The summed E-state index contributed by atoms with van der Waals surface area (Å²) in [5.41, 5.74) is -0.930. The molecule has 0 aliphatic carbocycles. The van der Waals surface area contributed by atoms with Crippen LogP contribution in [0.25, 0.3) is 0 Å². The molecule has 1 unspecified atom stereocenters. The highest BCUT2D eigenvalue weighted by Crippen LogP contribution is 2.12. The molecule has 0 saturated carbocycles. The molecular weight excluding hydrogens is 276 g/mol. The number of nitrogens with zero attached hydrogens (tertiary/aromatic N) is 1. The Balaban J connectivity index is 2.64. The maximum Gasteiger partial charge on any atom is 0.254 e. The van der Waals surface area contributed by atoms with Crippen LogP contribution in [0.4, 0.5) is 0 Å². The van der Waals surface area contributed by atoms with Gasteiger partial charge in [0.1, 0.15) is 10.2 Å². The van der Waals surface area contributed by atoms with Crippen molar-refractivity contribution in [3.8, 4) is 0 Å². The third kappa shape index (κ3) is 3.55. The van der Waals surface area contributed by atoms with Gasteiger partial charge in [-0.3, -0.25) is 4.79 Å². The molecule has 5 nitrogen and oxygen atoms in total. The summed E-state index contributed by atoms with van der Waals surface area (Å²) < 4.78 is 0.441. The van der Waals surface area contributed by atoms with E-state index in [1.165, 1.54) is 6.92 Å². The van der Waals surface area contributed by atoms with E-state index in [1.54, 1.807) is 18.3 Å². The molecule has 16 heavy (non-hydrogen) atoms. The van der Waals surface area contributed by atoms with E-state index < -0.39 is 12.2 Å². The van der Waals surface area contributed by atoms with Gasteiger partial charge in [-0.2, -0.15) is 0 Å². The number of hydrogen-bond donors (Lipinski definition) is 3. The predicted octanol–water partition coefficient (Wildman–Crippen LogP) is 0.317. The molecule has 0 aliphatic rings. The van der Waals surface area contributed by atoms with Crippen LogP contribution >= 0.6 is 15.9 Å². The van der Waals surface area contributed by atoms with E-state index in [9.17, 15) is 9.90 Å². The van der Waals surface area contributed by atoms with Crippen molar-refractivity contribution in [1.29, 1.82) is 0 Å². The molecule has 0 aliphatic heterocycles. The van der Waals surface area contributed by atoms with Crippen LogP contribution in [0.3, 0.4) is 0 Å². The minimum atomic E-state index is -1.32. The van der Waals surface area contributed by atoms with Gasteiger partial charge in [0.05, 0.1) is 12.2 Å². The highest BCUT2D eigenvalue weighted by molar-refractivity contribution is 9.10. The molecule has 0 saturated heterocycles. The largest absolute Gasteiger partial charge is 0.393 e. The first-order chi connectivity index (χ1) is 7.46. The second-order valence-corrected chi connectivity index (χ2v) is 4.43. The summed E-state index contributed by atoms with van der Waals surface area (Å²) in [7, 11) is 0. The van der Waals surface area contributed by atoms with E-state index in [1.807, 2.05) is 0 Å². The number of amides is 1. The highest BCUT2D eigenvalue weighted by Gasteiger charge is 2.20. The first-order valence-electron chi connectivity index (χ1n) is 4.68. The second-order valence-electron chi connectivity index (χ2n) is 3.68. The fraction of sp³-hybridized carbons (Fsp3) is 0.400. The normalized spacial score (nSPS) is 14.2. The van der Waals surface area contributed by atoms with Crippen LogP contribution in [0.1, 0.15) is 17.3 Å². The van der Waals surface area contributed by atoms with Crippen LogP contribution in [-0.2, 0) is 0 Å². The van der Waals surface area contributed by atoms with Crippen molar-refractivity contribution in [2.45, 2.75) is 12.5 Å². The van der Waals surface area contributed by atoms with Crippen molar-refractivity contribution in [1.82, 2.24) is 10.3 Å². The Kier molecular flexibility index (Phi) is 4.40. The van der Waals surface area contributed by atoms with E-state index in [0.717, 1.165) is 0 Å². The van der Waals surface area contributed by atoms with Crippen LogP contribution in [-0.4, -0.2) is 39.9 Å². The zero-order valence-electron chi connectivity index (χ0n) is 8.77. The van der Waals surface area contributed by atoms with Crippen LogP contribution in [0.2, 0.25) is 0 Å². The molecule has 1 rings (SSSR count).